The zero-order valence-corrected chi connectivity index (χ0v) is 9.50. The largest absolute Gasteiger partial charge is 0.455 e. The highest BCUT2D eigenvalue weighted by Gasteiger charge is 2.20. The normalized spacial score (nSPS) is 18.0. The molecule has 0 radical (unpaired) electrons. The van der Waals surface area contributed by atoms with Gasteiger partial charge in [-0.05, 0) is 30.2 Å². The number of para-hydroxylation sites is 2. The molecule has 1 unspecified atom stereocenters. The number of hydrogen-bond acceptors (Lipinski definition) is 2. The molecule has 0 amide bonds. The van der Waals surface area contributed by atoms with Gasteiger partial charge in [0.25, 0.3) is 0 Å². The quantitative estimate of drug-likeness (QED) is 0.781. The third kappa shape index (κ3) is 2.26. The molecule has 0 aromatic heterocycles. The van der Waals surface area contributed by atoms with Gasteiger partial charge in [0.1, 0.15) is 11.5 Å². The topological polar surface area (TPSA) is 18.5 Å². The van der Waals surface area contributed by atoms with Crippen molar-refractivity contribution in [2.75, 3.05) is 0 Å². The fourth-order valence-corrected chi connectivity index (χ4v) is 2.03. The van der Waals surface area contributed by atoms with E-state index in [9.17, 15) is 0 Å². The minimum absolute atomic E-state index is 0.174. The van der Waals surface area contributed by atoms with Crippen LogP contribution in [0, 0.1) is 0 Å². The second kappa shape index (κ2) is 4.50. The molecule has 2 nitrogen and oxygen atoms in total. The average Bonchev–Trinajstić information content (AvgIpc) is 2.40. The van der Waals surface area contributed by atoms with Gasteiger partial charge in [-0.1, -0.05) is 36.4 Å². The molecule has 0 saturated carbocycles. The van der Waals surface area contributed by atoms with Gasteiger partial charge in [0.05, 0.1) is 0 Å². The van der Waals surface area contributed by atoms with Crippen LogP contribution in [0.2, 0.25) is 0 Å². The summed E-state index contributed by atoms with van der Waals surface area (Å²) in [4.78, 5) is 0. The van der Waals surface area contributed by atoms with Crippen molar-refractivity contribution in [3.05, 3.63) is 60.2 Å². The fraction of sp³-hybridized carbons (Fsp3) is 0.200. The molecule has 0 spiro atoms. The summed E-state index contributed by atoms with van der Waals surface area (Å²) in [5.41, 5.74) is 1.26. The Morgan fingerprint density at radius 1 is 0.941 bits per heavy atom. The molecule has 1 atom stereocenters. The highest BCUT2D eigenvalue weighted by atomic mass is 16.7. The molecule has 2 aromatic rings. The van der Waals surface area contributed by atoms with Crippen molar-refractivity contribution in [2.24, 2.45) is 0 Å². The number of fused-ring (bicyclic) bond motifs is 1. The first-order valence-electron chi connectivity index (χ1n) is 5.88. The van der Waals surface area contributed by atoms with Crippen molar-refractivity contribution in [1.82, 2.24) is 0 Å². The third-order valence-electron chi connectivity index (χ3n) is 2.89. The minimum atomic E-state index is -0.174. The molecule has 1 aliphatic rings. The van der Waals surface area contributed by atoms with Gasteiger partial charge in [0, 0.05) is 6.42 Å². The van der Waals surface area contributed by atoms with Gasteiger partial charge in [0.15, 0.2) is 0 Å². The van der Waals surface area contributed by atoms with Gasteiger partial charge in [0.2, 0.25) is 6.29 Å². The minimum Gasteiger partial charge on any atom is -0.455 e. The Morgan fingerprint density at radius 3 is 2.59 bits per heavy atom. The summed E-state index contributed by atoms with van der Waals surface area (Å²) < 4.78 is 11.6. The summed E-state index contributed by atoms with van der Waals surface area (Å²) in [7, 11) is 0. The molecule has 2 aromatic carbocycles. The summed E-state index contributed by atoms with van der Waals surface area (Å²) >= 11 is 0. The second-order valence-corrected chi connectivity index (χ2v) is 4.12. The lowest BCUT2D eigenvalue weighted by atomic mass is 10.1. The van der Waals surface area contributed by atoms with Crippen LogP contribution in [0.25, 0.3) is 0 Å². The second-order valence-electron chi connectivity index (χ2n) is 4.12. The maximum Gasteiger partial charge on any atom is 0.241 e. The first-order chi connectivity index (χ1) is 8.42. The van der Waals surface area contributed by atoms with Crippen LogP contribution in [0.5, 0.6) is 11.5 Å². The van der Waals surface area contributed by atoms with E-state index in [1.165, 1.54) is 5.56 Å². The van der Waals surface area contributed by atoms with E-state index in [4.69, 9.17) is 9.47 Å². The first kappa shape index (κ1) is 10.2. The molecule has 0 fully saturated rings. The van der Waals surface area contributed by atoms with Crippen LogP contribution in [0.4, 0.5) is 0 Å². The monoisotopic (exact) mass is 226 g/mol. The molecule has 1 aliphatic heterocycles. The summed E-state index contributed by atoms with van der Waals surface area (Å²) in [5.74, 6) is 1.80. The number of ether oxygens (including phenoxy) is 2. The van der Waals surface area contributed by atoms with Crippen LogP contribution in [0.3, 0.4) is 0 Å². The predicted octanol–water partition coefficient (Wildman–Crippen LogP) is 3.42. The van der Waals surface area contributed by atoms with Gasteiger partial charge < -0.3 is 9.47 Å². The van der Waals surface area contributed by atoms with E-state index < -0.39 is 0 Å². The van der Waals surface area contributed by atoms with Crippen LogP contribution in [0.15, 0.2) is 54.6 Å². The van der Waals surface area contributed by atoms with Crippen molar-refractivity contribution in [2.45, 2.75) is 19.1 Å². The Balaban J connectivity index is 1.72. The smallest absolute Gasteiger partial charge is 0.241 e. The number of hydrogen-bond donors (Lipinski definition) is 0. The molecule has 86 valence electrons. The maximum absolute atomic E-state index is 5.81. The van der Waals surface area contributed by atoms with Gasteiger partial charge >= 0.3 is 0 Å². The van der Waals surface area contributed by atoms with Gasteiger partial charge in [-0.25, -0.2) is 0 Å². The Labute approximate surface area is 101 Å². The van der Waals surface area contributed by atoms with E-state index in [1.807, 2.05) is 48.5 Å². The molecule has 1 heterocycles. The zero-order valence-electron chi connectivity index (χ0n) is 9.50. The zero-order chi connectivity index (χ0) is 11.5. The molecular formula is C15H14O2. The van der Waals surface area contributed by atoms with Gasteiger partial charge in [-0.2, -0.15) is 0 Å². The molecule has 0 aliphatic carbocycles. The SMILES string of the molecule is c1ccc(OC2CCc3ccccc3O2)cc1. The number of benzene rings is 2. The van der Waals surface area contributed by atoms with Crippen molar-refractivity contribution in [1.29, 1.82) is 0 Å². The summed E-state index contributed by atoms with van der Waals surface area (Å²) in [5, 5.41) is 0. The molecule has 0 saturated heterocycles. The van der Waals surface area contributed by atoms with E-state index in [2.05, 4.69) is 6.07 Å². The highest BCUT2D eigenvalue weighted by molar-refractivity contribution is 5.35. The Hall–Kier alpha value is -1.96. The first-order valence-corrected chi connectivity index (χ1v) is 5.88. The number of rotatable bonds is 2. The van der Waals surface area contributed by atoms with Gasteiger partial charge in [-0.15, -0.1) is 0 Å². The summed E-state index contributed by atoms with van der Waals surface area (Å²) in [6, 6.07) is 17.9. The van der Waals surface area contributed by atoms with Crippen molar-refractivity contribution >= 4 is 0 Å². The Morgan fingerprint density at radius 2 is 1.71 bits per heavy atom. The lowest BCUT2D eigenvalue weighted by molar-refractivity contribution is -0.00978. The van der Waals surface area contributed by atoms with E-state index in [-0.39, 0.29) is 6.29 Å². The van der Waals surface area contributed by atoms with E-state index in [1.54, 1.807) is 0 Å². The fourth-order valence-electron chi connectivity index (χ4n) is 2.03. The molecular weight excluding hydrogens is 212 g/mol. The van der Waals surface area contributed by atoms with E-state index >= 15 is 0 Å². The Kier molecular flexibility index (Phi) is 2.70. The van der Waals surface area contributed by atoms with Crippen LogP contribution in [-0.4, -0.2) is 6.29 Å². The number of aryl methyl sites for hydroxylation is 1. The Bertz CT molecular complexity index is 493. The molecule has 0 N–H and O–H groups in total. The summed E-state index contributed by atoms with van der Waals surface area (Å²) in [6.45, 7) is 0. The molecule has 2 heteroatoms. The lowest BCUT2D eigenvalue weighted by Crippen LogP contribution is -2.28. The van der Waals surface area contributed by atoms with Crippen LogP contribution in [-0.2, 0) is 6.42 Å². The van der Waals surface area contributed by atoms with Crippen molar-refractivity contribution in [3.8, 4) is 11.5 Å². The molecule has 17 heavy (non-hydrogen) atoms. The van der Waals surface area contributed by atoms with Crippen LogP contribution in [0.1, 0.15) is 12.0 Å². The van der Waals surface area contributed by atoms with Crippen molar-refractivity contribution in [3.63, 3.8) is 0 Å². The standard InChI is InChI=1S/C15H14O2/c1-2-7-13(8-3-1)16-15-11-10-12-6-4-5-9-14(12)17-15/h1-9,15H,10-11H2. The third-order valence-corrected chi connectivity index (χ3v) is 2.89. The molecule has 0 bridgehead atoms. The van der Waals surface area contributed by atoms with Crippen LogP contribution >= 0.6 is 0 Å². The lowest BCUT2D eigenvalue weighted by Gasteiger charge is -2.26. The predicted molar refractivity (Wildman–Crippen MR) is 66.2 cm³/mol. The van der Waals surface area contributed by atoms with Crippen LogP contribution < -0.4 is 9.47 Å². The van der Waals surface area contributed by atoms with E-state index in [0.717, 1.165) is 24.3 Å². The average molecular weight is 226 g/mol. The highest BCUT2D eigenvalue weighted by Crippen LogP contribution is 2.28. The molecule has 3 rings (SSSR count). The maximum atomic E-state index is 5.81. The van der Waals surface area contributed by atoms with Gasteiger partial charge in [-0.3, -0.25) is 0 Å². The van der Waals surface area contributed by atoms with Crippen molar-refractivity contribution < 1.29 is 9.47 Å². The summed E-state index contributed by atoms with van der Waals surface area (Å²) in [6.07, 6.45) is 1.73. The van der Waals surface area contributed by atoms with E-state index in [0.29, 0.717) is 0 Å².